The Morgan fingerprint density at radius 3 is 3.14 bits per heavy atom. The molecule has 0 aliphatic rings. The summed E-state index contributed by atoms with van der Waals surface area (Å²) in [6, 6.07) is 5.81. The molecule has 1 amide bonds. The molecule has 3 aromatic heterocycles. The van der Waals surface area contributed by atoms with E-state index in [-0.39, 0.29) is 5.91 Å². The van der Waals surface area contributed by atoms with E-state index < -0.39 is 0 Å². The summed E-state index contributed by atoms with van der Waals surface area (Å²) in [7, 11) is 0. The minimum absolute atomic E-state index is 0.101. The molecule has 0 aliphatic heterocycles. The topological polar surface area (TPSA) is 60.1 Å². The Balaban J connectivity index is 1.46. The van der Waals surface area contributed by atoms with Crippen molar-refractivity contribution in [3.05, 3.63) is 59.5 Å². The lowest BCUT2D eigenvalue weighted by molar-refractivity contribution is -0.116. The highest BCUT2D eigenvalue weighted by Crippen LogP contribution is 2.18. The second-order valence-corrected chi connectivity index (χ2v) is 5.62. The molecule has 0 atom stereocenters. The Morgan fingerprint density at radius 2 is 2.36 bits per heavy atom. The zero-order valence-corrected chi connectivity index (χ0v) is 12.6. The standard InChI is InChI=1S/C16H15N3O2S/c20-16(4-3-15-2-1-9-22-15)17-6-7-19-11-14(10-18-19)13-5-8-21-12-13/h1-5,8-12H,6-7H2,(H,17,20)/b4-3+. The predicted octanol–water partition coefficient (Wildman–Crippen LogP) is 3.03. The Bertz CT molecular complexity index is 742. The van der Waals surface area contributed by atoms with E-state index in [4.69, 9.17) is 4.42 Å². The van der Waals surface area contributed by atoms with Crippen LogP contribution in [0.15, 0.2) is 59.0 Å². The third-order valence-electron chi connectivity index (χ3n) is 3.07. The fraction of sp³-hybridized carbons (Fsp3) is 0.125. The smallest absolute Gasteiger partial charge is 0.244 e. The molecule has 1 N–H and O–H groups in total. The predicted molar refractivity (Wildman–Crippen MR) is 86.3 cm³/mol. The molecular formula is C16H15N3O2S. The lowest BCUT2D eigenvalue weighted by atomic mass is 10.2. The second-order valence-electron chi connectivity index (χ2n) is 4.64. The van der Waals surface area contributed by atoms with Crippen LogP contribution in [0.1, 0.15) is 4.88 Å². The number of nitrogens with zero attached hydrogens (tertiary/aromatic N) is 2. The van der Waals surface area contributed by atoms with Gasteiger partial charge in [0.15, 0.2) is 0 Å². The largest absolute Gasteiger partial charge is 0.472 e. The normalized spacial score (nSPS) is 11.1. The van der Waals surface area contributed by atoms with Crippen LogP contribution < -0.4 is 5.32 Å². The summed E-state index contributed by atoms with van der Waals surface area (Å²) in [5, 5.41) is 9.08. The Hall–Kier alpha value is -2.60. The lowest BCUT2D eigenvalue weighted by Gasteiger charge is -2.02. The summed E-state index contributed by atoms with van der Waals surface area (Å²) in [6.45, 7) is 1.15. The highest BCUT2D eigenvalue weighted by atomic mass is 32.1. The molecule has 3 rings (SSSR count). The number of hydrogen-bond acceptors (Lipinski definition) is 4. The molecular weight excluding hydrogens is 298 g/mol. The first kappa shape index (κ1) is 14.3. The number of rotatable bonds is 6. The molecule has 0 unspecified atom stereocenters. The molecule has 112 valence electrons. The molecule has 0 saturated carbocycles. The molecule has 0 spiro atoms. The molecule has 3 heterocycles. The minimum Gasteiger partial charge on any atom is -0.472 e. The molecule has 0 saturated heterocycles. The molecule has 0 aliphatic carbocycles. The van der Waals surface area contributed by atoms with E-state index in [2.05, 4.69) is 10.4 Å². The van der Waals surface area contributed by atoms with E-state index in [0.717, 1.165) is 16.0 Å². The first-order valence-electron chi connectivity index (χ1n) is 6.86. The van der Waals surface area contributed by atoms with Crippen LogP contribution in [0.25, 0.3) is 17.2 Å². The van der Waals surface area contributed by atoms with E-state index in [9.17, 15) is 4.79 Å². The number of aromatic nitrogens is 2. The van der Waals surface area contributed by atoms with E-state index >= 15 is 0 Å². The zero-order chi connectivity index (χ0) is 15.2. The van der Waals surface area contributed by atoms with Gasteiger partial charge < -0.3 is 9.73 Å². The number of hydrogen-bond donors (Lipinski definition) is 1. The third kappa shape index (κ3) is 3.73. The molecule has 22 heavy (non-hydrogen) atoms. The average molecular weight is 313 g/mol. The van der Waals surface area contributed by atoms with Crippen molar-refractivity contribution in [3.63, 3.8) is 0 Å². The van der Waals surface area contributed by atoms with Gasteiger partial charge in [0.1, 0.15) is 0 Å². The van der Waals surface area contributed by atoms with Crippen molar-refractivity contribution < 1.29 is 9.21 Å². The molecule has 3 aromatic rings. The van der Waals surface area contributed by atoms with Gasteiger partial charge in [0.05, 0.1) is 25.3 Å². The van der Waals surface area contributed by atoms with Crippen molar-refractivity contribution in [3.8, 4) is 11.1 Å². The minimum atomic E-state index is -0.101. The van der Waals surface area contributed by atoms with Crippen molar-refractivity contribution in [1.29, 1.82) is 0 Å². The maximum absolute atomic E-state index is 11.7. The first-order chi connectivity index (χ1) is 10.8. The second kappa shape index (κ2) is 6.91. The van der Waals surface area contributed by atoms with E-state index in [0.29, 0.717) is 13.1 Å². The molecule has 6 heteroatoms. The van der Waals surface area contributed by atoms with Crippen molar-refractivity contribution in [2.75, 3.05) is 6.54 Å². The zero-order valence-electron chi connectivity index (χ0n) is 11.8. The summed E-state index contributed by atoms with van der Waals surface area (Å²) in [4.78, 5) is 12.7. The summed E-state index contributed by atoms with van der Waals surface area (Å²) in [5.41, 5.74) is 1.99. The Morgan fingerprint density at radius 1 is 1.41 bits per heavy atom. The summed E-state index contributed by atoms with van der Waals surface area (Å²) >= 11 is 1.60. The summed E-state index contributed by atoms with van der Waals surface area (Å²) in [5.74, 6) is -0.101. The van der Waals surface area contributed by atoms with Crippen LogP contribution >= 0.6 is 11.3 Å². The lowest BCUT2D eigenvalue weighted by Crippen LogP contribution is -2.25. The van der Waals surface area contributed by atoms with Crippen LogP contribution in [0.3, 0.4) is 0 Å². The van der Waals surface area contributed by atoms with Crippen LogP contribution in [0.2, 0.25) is 0 Å². The Labute approximate surface area is 131 Å². The summed E-state index contributed by atoms with van der Waals surface area (Å²) in [6.07, 6.45) is 10.4. The van der Waals surface area contributed by atoms with Crippen molar-refractivity contribution >= 4 is 23.3 Å². The molecule has 5 nitrogen and oxygen atoms in total. The quantitative estimate of drug-likeness (QED) is 0.712. The highest BCUT2D eigenvalue weighted by molar-refractivity contribution is 7.10. The van der Waals surface area contributed by atoms with E-state index in [1.54, 1.807) is 40.8 Å². The summed E-state index contributed by atoms with van der Waals surface area (Å²) < 4.78 is 6.84. The molecule has 0 radical (unpaired) electrons. The third-order valence-corrected chi connectivity index (χ3v) is 3.91. The van der Waals surface area contributed by atoms with Crippen LogP contribution in [0.4, 0.5) is 0 Å². The van der Waals surface area contributed by atoms with Crippen LogP contribution in [-0.4, -0.2) is 22.2 Å². The average Bonchev–Trinajstić information content (AvgIpc) is 3.26. The van der Waals surface area contributed by atoms with Crippen molar-refractivity contribution in [2.24, 2.45) is 0 Å². The molecule has 0 fully saturated rings. The Kier molecular flexibility index (Phi) is 4.50. The fourth-order valence-electron chi connectivity index (χ4n) is 1.96. The number of amides is 1. The van der Waals surface area contributed by atoms with Gasteiger partial charge in [-0.1, -0.05) is 6.07 Å². The van der Waals surface area contributed by atoms with Gasteiger partial charge in [-0.2, -0.15) is 5.10 Å². The number of furan rings is 1. The molecule has 0 bridgehead atoms. The number of nitrogens with one attached hydrogen (secondary N) is 1. The van der Waals surface area contributed by atoms with Gasteiger partial charge in [-0.15, -0.1) is 11.3 Å². The van der Waals surface area contributed by atoms with Crippen molar-refractivity contribution in [2.45, 2.75) is 6.54 Å². The van der Waals surface area contributed by atoms with Gasteiger partial charge in [0.2, 0.25) is 5.91 Å². The fourth-order valence-corrected chi connectivity index (χ4v) is 2.58. The van der Waals surface area contributed by atoms with Gasteiger partial charge in [-0.05, 0) is 23.6 Å². The van der Waals surface area contributed by atoms with Gasteiger partial charge >= 0.3 is 0 Å². The monoisotopic (exact) mass is 313 g/mol. The van der Waals surface area contributed by atoms with E-state index in [1.807, 2.05) is 35.9 Å². The first-order valence-corrected chi connectivity index (χ1v) is 7.74. The van der Waals surface area contributed by atoms with Gasteiger partial charge in [-0.25, -0.2) is 0 Å². The number of carbonyl (C=O) groups excluding carboxylic acids is 1. The maximum Gasteiger partial charge on any atom is 0.244 e. The highest BCUT2D eigenvalue weighted by Gasteiger charge is 2.03. The van der Waals surface area contributed by atoms with Gasteiger partial charge in [-0.3, -0.25) is 9.48 Å². The SMILES string of the molecule is O=C(/C=C/c1cccs1)NCCn1cc(-c2ccoc2)cn1. The van der Waals surface area contributed by atoms with Crippen LogP contribution in [0.5, 0.6) is 0 Å². The van der Waals surface area contributed by atoms with Crippen LogP contribution in [0, 0.1) is 0 Å². The van der Waals surface area contributed by atoms with E-state index in [1.165, 1.54) is 0 Å². The molecule has 0 aromatic carbocycles. The number of carbonyl (C=O) groups is 1. The van der Waals surface area contributed by atoms with Gasteiger partial charge in [0.25, 0.3) is 0 Å². The number of thiophene rings is 1. The maximum atomic E-state index is 11.7. The van der Waals surface area contributed by atoms with Crippen molar-refractivity contribution in [1.82, 2.24) is 15.1 Å². The van der Waals surface area contributed by atoms with Crippen LogP contribution in [-0.2, 0) is 11.3 Å². The van der Waals surface area contributed by atoms with Gasteiger partial charge in [0, 0.05) is 34.8 Å².